The van der Waals surface area contributed by atoms with Crippen LogP contribution in [0.2, 0.25) is 0 Å². The maximum atomic E-state index is 11.9. The summed E-state index contributed by atoms with van der Waals surface area (Å²) in [5.74, 6) is 0.813. The first-order valence-corrected chi connectivity index (χ1v) is 5.38. The highest BCUT2D eigenvalue weighted by molar-refractivity contribution is 5.78. The molecule has 1 atom stereocenters. The number of nitrogens with zero attached hydrogens (tertiary/aromatic N) is 2. The molecule has 1 fully saturated rings. The van der Waals surface area contributed by atoms with Crippen LogP contribution in [0.1, 0.15) is 31.2 Å². The Morgan fingerprint density at radius 2 is 2.53 bits per heavy atom. The Labute approximate surface area is 89.2 Å². The number of hydrogen-bond acceptors (Lipinski definition) is 3. The molecule has 1 saturated heterocycles. The zero-order valence-corrected chi connectivity index (χ0v) is 9.19. The number of hydrogen-bond donors (Lipinski definition) is 0. The Hall–Kier alpha value is -1.32. The van der Waals surface area contributed by atoms with Gasteiger partial charge in [0.2, 0.25) is 5.91 Å². The van der Waals surface area contributed by atoms with E-state index in [4.69, 9.17) is 4.52 Å². The van der Waals surface area contributed by atoms with Crippen molar-refractivity contribution in [2.75, 3.05) is 6.54 Å². The van der Waals surface area contributed by atoms with Crippen molar-refractivity contribution in [2.24, 2.45) is 0 Å². The minimum absolute atomic E-state index is 0.149. The molecule has 0 saturated carbocycles. The van der Waals surface area contributed by atoms with Crippen molar-refractivity contribution in [3.05, 3.63) is 17.5 Å². The number of likely N-dealkylation sites (tertiary alicyclic amines) is 1. The van der Waals surface area contributed by atoms with E-state index in [1.165, 1.54) is 0 Å². The molecule has 0 N–H and O–H groups in total. The van der Waals surface area contributed by atoms with Gasteiger partial charge in [-0.2, -0.15) is 0 Å². The van der Waals surface area contributed by atoms with E-state index in [0.717, 1.165) is 25.1 Å². The molecular weight excluding hydrogens is 192 g/mol. The van der Waals surface area contributed by atoms with Crippen LogP contribution in [0.15, 0.2) is 10.6 Å². The fourth-order valence-corrected chi connectivity index (χ4v) is 2.05. The van der Waals surface area contributed by atoms with Crippen LogP contribution in [0.5, 0.6) is 0 Å². The highest BCUT2D eigenvalue weighted by Gasteiger charge is 2.25. The quantitative estimate of drug-likeness (QED) is 0.740. The molecule has 4 nitrogen and oxygen atoms in total. The van der Waals surface area contributed by atoms with E-state index in [2.05, 4.69) is 12.1 Å². The van der Waals surface area contributed by atoms with Crippen LogP contribution in [-0.4, -0.2) is 28.6 Å². The summed E-state index contributed by atoms with van der Waals surface area (Å²) >= 11 is 0. The Morgan fingerprint density at radius 1 is 1.73 bits per heavy atom. The van der Waals surface area contributed by atoms with Crippen molar-refractivity contribution < 1.29 is 9.32 Å². The van der Waals surface area contributed by atoms with Crippen molar-refractivity contribution in [1.82, 2.24) is 10.1 Å². The highest BCUT2D eigenvalue weighted by Crippen LogP contribution is 2.17. The number of aromatic nitrogens is 1. The summed E-state index contributed by atoms with van der Waals surface area (Å²) in [5.41, 5.74) is 0.826. The van der Waals surface area contributed by atoms with E-state index in [1.54, 1.807) is 0 Å². The third-order valence-corrected chi connectivity index (χ3v) is 2.88. The molecule has 1 aliphatic rings. The van der Waals surface area contributed by atoms with Crippen molar-refractivity contribution in [3.63, 3.8) is 0 Å². The molecule has 0 spiro atoms. The summed E-state index contributed by atoms with van der Waals surface area (Å²) < 4.78 is 5.03. The van der Waals surface area contributed by atoms with E-state index in [-0.39, 0.29) is 5.91 Å². The zero-order valence-electron chi connectivity index (χ0n) is 9.19. The van der Waals surface area contributed by atoms with E-state index < -0.39 is 0 Å². The Balaban J connectivity index is 1.97. The van der Waals surface area contributed by atoms with Crippen molar-refractivity contribution in [3.8, 4) is 0 Å². The second kappa shape index (κ2) is 4.04. The van der Waals surface area contributed by atoms with E-state index in [0.29, 0.717) is 18.2 Å². The molecule has 1 aliphatic heterocycles. The summed E-state index contributed by atoms with van der Waals surface area (Å²) in [6, 6.07) is 2.19. The average molecular weight is 208 g/mol. The Morgan fingerprint density at radius 3 is 3.07 bits per heavy atom. The van der Waals surface area contributed by atoms with Crippen molar-refractivity contribution >= 4 is 5.91 Å². The van der Waals surface area contributed by atoms with Gasteiger partial charge in [-0.3, -0.25) is 4.79 Å². The molecule has 2 rings (SSSR count). The molecule has 4 heteroatoms. The van der Waals surface area contributed by atoms with Gasteiger partial charge in [0.25, 0.3) is 0 Å². The molecule has 15 heavy (non-hydrogen) atoms. The Kier molecular flexibility index (Phi) is 2.75. The maximum Gasteiger partial charge on any atom is 0.230 e. The summed E-state index contributed by atoms with van der Waals surface area (Å²) in [6.07, 6.45) is 2.56. The number of rotatable bonds is 2. The maximum absolute atomic E-state index is 11.9. The molecule has 1 aromatic rings. The van der Waals surface area contributed by atoms with Gasteiger partial charge in [0.15, 0.2) is 0 Å². The topological polar surface area (TPSA) is 46.3 Å². The lowest BCUT2D eigenvalue weighted by molar-refractivity contribution is -0.131. The van der Waals surface area contributed by atoms with Crippen LogP contribution < -0.4 is 0 Å². The van der Waals surface area contributed by atoms with Crippen LogP contribution in [0.3, 0.4) is 0 Å². The third-order valence-electron chi connectivity index (χ3n) is 2.88. The second-order valence-electron chi connectivity index (χ2n) is 4.19. The lowest BCUT2D eigenvalue weighted by Gasteiger charge is -2.20. The first-order chi connectivity index (χ1) is 7.16. The summed E-state index contributed by atoms with van der Waals surface area (Å²) in [4.78, 5) is 13.8. The fourth-order valence-electron chi connectivity index (χ4n) is 2.05. The first-order valence-electron chi connectivity index (χ1n) is 5.38. The monoisotopic (exact) mass is 208 g/mol. The van der Waals surface area contributed by atoms with E-state index in [9.17, 15) is 4.79 Å². The smallest absolute Gasteiger partial charge is 0.230 e. The van der Waals surface area contributed by atoms with Crippen molar-refractivity contribution in [2.45, 2.75) is 39.2 Å². The van der Waals surface area contributed by atoms with E-state index >= 15 is 0 Å². The minimum atomic E-state index is 0.149. The van der Waals surface area contributed by atoms with Gasteiger partial charge in [0, 0.05) is 18.7 Å². The Bertz CT molecular complexity index is 359. The molecule has 0 aromatic carbocycles. The summed E-state index contributed by atoms with van der Waals surface area (Å²) in [7, 11) is 0. The summed E-state index contributed by atoms with van der Waals surface area (Å²) in [5, 5.41) is 3.77. The molecule has 0 aliphatic carbocycles. The molecule has 0 unspecified atom stereocenters. The number of aryl methyl sites for hydroxylation is 1. The predicted octanol–water partition coefficient (Wildman–Crippen LogP) is 1.54. The molecule has 1 amide bonds. The third kappa shape index (κ3) is 2.19. The van der Waals surface area contributed by atoms with Crippen LogP contribution in [-0.2, 0) is 11.2 Å². The second-order valence-corrected chi connectivity index (χ2v) is 4.19. The number of amides is 1. The minimum Gasteiger partial charge on any atom is -0.361 e. The van der Waals surface area contributed by atoms with Crippen LogP contribution in [0, 0.1) is 6.92 Å². The van der Waals surface area contributed by atoms with Gasteiger partial charge in [-0.15, -0.1) is 0 Å². The molecular formula is C11H16N2O2. The first kappa shape index (κ1) is 10.2. The standard InChI is InChI=1S/C11H16N2O2/c1-8-6-10(15-12-8)7-11(14)13-5-3-4-9(13)2/h6,9H,3-5,7H2,1-2H3/t9-/m1/s1. The lowest BCUT2D eigenvalue weighted by Crippen LogP contribution is -2.34. The van der Waals surface area contributed by atoms with Gasteiger partial charge in [0.1, 0.15) is 5.76 Å². The van der Waals surface area contributed by atoms with Gasteiger partial charge >= 0.3 is 0 Å². The SMILES string of the molecule is Cc1cc(CC(=O)N2CCC[C@H]2C)on1. The lowest BCUT2D eigenvalue weighted by atomic mass is 10.2. The van der Waals surface area contributed by atoms with E-state index in [1.807, 2.05) is 17.9 Å². The van der Waals surface area contributed by atoms with Gasteiger partial charge in [-0.1, -0.05) is 5.16 Å². The largest absolute Gasteiger partial charge is 0.361 e. The number of carbonyl (C=O) groups excluding carboxylic acids is 1. The van der Waals surface area contributed by atoms with Gasteiger partial charge in [-0.05, 0) is 26.7 Å². The molecule has 2 heterocycles. The zero-order chi connectivity index (χ0) is 10.8. The normalized spacial score (nSPS) is 20.9. The molecule has 0 radical (unpaired) electrons. The van der Waals surface area contributed by atoms with Gasteiger partial charge < -0.3 is 9.42 Å². The van der Waals surface area contributed by atoms with Crippen LogP contribution in [0.25, 0.3) is 0 Å². The van der Waals surface area contributed by atoms with Gasteiger partial charge in [-0.25, -0.2) is 0 Å². The fraction of sp³-hybridized carbons (Fsp3) is 0.636. The highest BCUT2D eigenvalue weighted by atomic mass is 16.5. The molecule has 0 bridgehead atoms. The van der Waals surface area contributed by atoms with Crippen LogP contribution >= 0.6 is 0 Å². The van der Waals surface area contributed by atoms with Crippen LogP contribution in [0.4, 0.5) is 0 Å². The summed E-state index contributed by atoms with van der Waals surface area (Å²) in [6.45, 7) is 4.83. The van der Waals surface area contributed by atoms with Crippen molar-refractivity contribution in [1.29, 1.82) is 0 Å². The number of carbonyl (C=O) groups is 1. The molecule has 1 aromatic heterocycles. The predicted molar refractivity (Wildman–Crippen MR) is 55.4 cm³/mol. The molecule has 82 valence electrons. The van der Waals surface area contributed by atoms with Gasteiger partial charge in [0.05, 0.1) is 12.1 Å². The average Bonchev–Trinajstić information content (AvgIpc) is 2.75.